The van der Waals surface area contributed by atoms with Gasteiger partial charge in [-0.1, -0.05) is 141 Å². The van der Waals surface area contributed by atoms with Crippen LogP contribution in [0.2, 0.25) is 0 Å². The van der Waals surface area contributed by atoms with Gasteiger partial charge in [0.25, 0.3) is 0 Å². The zero-order valence-corrected chi connectivity index (χ0v) is 28.7. The van der Waals surface area contributed by atoms with E-state index in [0.717, 1.165) is 5.69 Å². The average Bonchev–Trinajstić information content (AvgIpc) is 3.77. The predicted octanol–water partition coefficient (Wildman–Crippen LogP) is 13.2. The predicted molar refractivity (Wildman–Crippen MR) is 219 cm³/mol. The van der Waals surface area contributed by atoms with E-state index >= 15 is 0 Å². The SMILES string of the molecule is CC1(C)c2ccc(-c3ccc(N/C=C/C=C\C=C/c4ccccc4)cc3)cc2-c2cc3c(ccc4c5cccc6c7ccccc7n(c34)c65)cc21. The zero-order valence-electron chi connectivity index (χ0n) is 28.7. The van der Waals surface area contributed by atoms with E-state index in [1.807, 2.05) is 30.5 Å². The van der Waals surface area contributed by atoms with Gasteiger partial charge in [0.2, 0.25) is 0 Å². The van der Waals surface area contributed by atoms with Crippen molar-refractivity contribution in [1.29, 1.82) is 0 Å². The molecule has 10 rings (SSSR count). The smallest absolute Gasteiger partial charge is 0.0620 e. The van der Waals surface area contributed by atoms with Gasteiger partial charge >= 0.3 is 0 Å². The molecule has 0 spiro atoms. The van der Waals surface area contributed by atoms with E-state index < -0.39 is 0 Å². The van der Waals surface area contributed by atoms with Gasteiger partial charge in [-0.2, -0.15) is 0 Å². The first kappa shape index (κ1) is 29.5. The molecular formula is C49H36N2. The second-order valence-electron chi connectivity index (χ2n) is 14.3. The van der Waals surface area contributed by atoms with Gasteiger partial charge in [-0.05, 0) is 86.8 Å². The van der Waals surface area contributed by atoms with Crippen molar-refractivity contribution in [2.75, 3.05) is 5.32 Å². The summed E-state index contributed by atoms with van der Waals surface area (Å²) in [5.41, 5.74) is 14.0. The van der Waals surface area contributed by atoms with Crippen molar-refractivity contribution >= 4 is 60.6 Å². The maximum atomic E-state index is 3.40. The molecule has 2 heteroatoms. The number of para-hydroxylation sites is 2. The van der Waals surface area contributed by atoms with Crippen molar-refractivity contribution in [3.05, 3.63) is 187 Å². The molecule has 0 bridgehead atoms. The van der Waals surface area contributed by atoms with Crippen LogP contribution in [0.15, 0.2) is 170 Å². The van der Waals surface area contributed by atoms with Crippen molar-refractivity contribution in [1.82, 2.24) is 4.40 Å². The van der Waals surface area contributed by atoms with Crippen molar-refractivity contribution < 1.29 is 0 Å². The minimum atomic E-state index is -0.0846. The molecule has 2 nitrogen and oxygen atoms in total. The van der Waals surface area contributed by atoms with E-state index in [4.69, 9.17) is 0 Å². The van der Waals surface area contributed by atoms with E-state index in [2.05, 4.69) is 169 Å². The molecule has 9 aromatic rings. The monoisotopic (exact) mass is 652 g/mol. The quantitative estimate of drug-likeness (QED) is 0.177. The van der Waals surface area contributed by atoms with Gasteiger partial charge in [0.05, 0.1) is 16.6 Å². The minimum absolute atomic E-state index is 0.0846. The molecule has 0 fully saturated rings. The fourth-order valence-electron chi connectivity index (χ4n) is 8.48. The Bertz CT molecular complexity index is 2880. The van der Waals surface area contributed by atoms with Crippen LogP contribution in [0.1, 0.15) is 30.5 Å². The average molecular weight is 653 g/mol. The lowest BCUT2D eigenvalue weighted by Crippen LogP contribution is -2.14. The summed E-state index contributed by atoms with van der Waals surface area (Å²) in [5, 5.41) is 11.3. The molecule has 0 unspecified atom stereocenters. The summed E-state index contributed by atoms with van der Waals surface area (Å²) >= 11 is 0. The molecule has 1 aliphatic rings. The lowest BCUT2D eigenvalue weighted by atomic mass is 9.81. The number of fused-ring (bicyclic) bond motifs is 11. The Kier molecular flexibility index (Phi) is 6.56. The van der Waals surface area contributed by atoms with Crippen molar-refractivity contribution in [2.45, 2.75) is 19.3 Å². The maximum absolute atomic E-state index is 3.40. The van der Waals surface area contributed by atoms with Gasteiger partial charge in [0, 0.05) is 44.2 Å². The van der Waals surface area contributed by atoms with Crippen LogP contribution in [0.5, 0.6) is 0 Å². The number of nitrogens with zero attached hydrogens (tertiary/aromatic N) is 1. The largest absolute Gasteiger partial charge is 0.362 e. The molecular weight excluding hydrogens is 617 g/mol. The fraction of sp³-hybridized carbons (Fsp3) is 0.0612. The molecule has 0 amide bonds. The van der Waals surface area contributed by atoms with Gasteiger partial charge in [-0.25, -0.2) is 0 Å². The van der Waals surface area contributed by atoms with Gasteiger partial charge in [0.15, 0.2) is 0 Å². The molecule has 0 radical (unpaired) electrons. The number of allylic oxidation sites excluding steroid dienone is 4. The van der Waals surface area contributed by atoms with Crippen molar-refractivity contribution in [3.63, 3.8) is 0 Å². The number of hydrogen-bond donors (Lipinski definition) is 1. The molecule has 0 saturated heterocycles. The lowest BCUT2D eigenvalue weighted by molar-refractivity contribution is 0.661. The molecule has 242 valence electrons. The van der Waals surface area contributed by atoms with Crippen molar-refractivity contribution in [3.8, 4) is 22.3 Å². The Hall–Kier alpha value is -6.38. The summed E-state index contributed by atoms with van der Waals surface area (Å²) in [4.78, 5) is 0. The van der Waals surface area contributed by atoms with E-state index in [9.17, 15) is 0 Å². The zero-order chi connectivity index (χ0) is 34.1. The Balaban J connectivity index is 1.00. The van der Waals surface area contributed by atoms with Gasteiger partial charge in [-0.3, -0.25) is 0 Å². The molecule has 1 N–H and O–H groups in total. The van der Waals surface area contributed by atoms with Crippen LogP contribution in [0.4, 0.5) is 5.69 Å². The Labute approximate surface area is 297 Å². The van der Waals surface area contributed by atoms with E-state index in [1.54, 1.807) is 0 Å². The fourth-order valence-corrected chi connectivity index (χ4v) is 8.48. The first-order valence-corrected chi connectivity index (χ1v) is 17.8. The number of hydrogen-bond acceptors (Lipinski definition) is 1. The van der Waals surface area contributed by atoms with Crippen LogP contribution in [0, 0.1) is 0 Å². The summed E-state index contributed by atoms with van der Waals surface area (Å²) in [5.74, 6) is 0. The lowest BCUT2D eigenvalue weighted by Gasteiger charge is -2.22. The van der Waals surface area contributed by atoms with E-state index in [0.29, 0.717) is 0 Å². The van der Waals surface area contributed by atoms with Crippen LogP contribution in [-0.2, 0) is 5.41 Å². The Morgan fingerprint density at radius 1 is 0.510 bits per heavy atom. The highest BCUT2D eigenvalue weighted by atomic mass is 14.9. The molecule has 1 aliphatic carbocycles. The first-order valence-electron chi connectivity index (χ1n) is 17.8. The number of rotatable bonds is 6. The summed E-state index contributed by atoms with van der Waals surface area (Å²) in [6.07, 6.45) is 12.2. The minimum Gasteiger partial charge on any atom is -0.362 e. The highest BCUT2D eigenvalue weighted by Gasteiger charge is 2.36. The number of benzene rings is 7. The normalized spacial score (nSPS) is 14.0. The third-order valence-corrected chi connectivity index (χ3v) is 11.0. The molecule has 51 heavy (non-hydrogen) atoms. The molecule has 0 saturated carbocycles. The van der Waals surface area contributed by atoms with Gasteiger partial charge in [0.1, 0.15) is 0 Å². The van der Waals surface area contributed by atoms with Crippen LogP contribution in [0.25, 0.3) is 77.2 Å². The van der Waals surface area contributed by atoms with Crippen LogP contribution >= 0.6 is 0 Å². The molecule has 7 aromatic carbocycles. The molecule has 2 aromatic heterocycles. The van der Waals surface area contributed by atoms with Crippen LogP contribution in [-0.4, -0.2) is 4.40 Å². The van der Waals surface area contributed by atoms with Crippen molar-refractivity contribution in [2.24, 2.45) is 0 Å². The second kappa shape index (κ2) is 11.3. The maximum Gasteiger partial charge on any atom is 0.0620 e. The Morgan fingerprint density at radius 3 is 2.06 bits per heavy atom. The standard InChI is InChI=1S/C49H36N2/c1-49(2)44-27-23-34(33-20-24-36(25-21-33)50-28-11-4-3-6-13-32-14-7-5-8-15-32)29-42(44)43-31-41-35(30-45(43)49)22-26-40-39-18-12-17-38-37-16-9-10-19-46(37)51(47(38)39)48(40)41/h3-31,50H,1-2H3/b4-3-,13-6-,28-11+. The van der Waals surface area contributed by atoms with E-state index in [-0.39, 0.29) is 5.41 Å². The summed E-state index contributed by atoms with van der Waals surface area (Å²) in [6.45, 7) is 4.75. The summed E-state index contributed by atoms with van der Waals surface area (Å²) in [6, 6.07) is 51.3. The number of anilines is 1. The van der Waals surface area contributed by atoms with Gasteiger partial charge < -0.3 is 9.72 Å². The molecule has 0 atom stereocenters. The third kappa shape index (κ3) is 4.57. The molecule has 2 heterocycles. The third-order valence-electron chi connectivity index (χ3n) is 11.0. The van der Waals surface area contributed by atoms with Crippen LogP contribution in [0.3, 0.4) is 0 Å². The number of nitrogens with one attached hydrogen (secondary N) is 1. The highest BCUT2D eigenvalue weighted by Crippen LogP contribution is 2.52. The topological polar surface area (TPSA) is 16.4 Å². The van der Waals surface area contributed by atoms with Gasteiger partial charge in [-0.15, -0.1) is 0 Å². The summed E-state index contributed by atoms with van der Waals surface area (Å²) < 4.78 is 2.52. The highest BCUT2D eigenvalue weighted by molar-refractivity contribution is 6.27. The second-order valence-corrected chi connectivity index (χ2v) is 14.3. The first-order chi connectivity index (χ1) is 25.1. The number of aromatic nitrogens is 1. The summed E-state index contributed by atoms with van der Waals surface area (Å²) in [7, 11) is 0. The van der Waals surface area contributed by atoms with E-state index in [1.165, 1.54) is 87.8 Å². The van der Waals surface area contributed by atoms with Crippen LogP contribution < -0.4 is 5.32 Å². The Morgan fingerprint density at radius 2 is 1.20 bits per heavy atom. The molecule has 0 aliphatic heterocycles.